The molecule has 0 saturated carbocycles. The van der Waals surface area contributed by atoms with Crippen LogP contribution in [-0.2, 0) is 20.1 Å². The second kappa shape index (κ2) is 8.15. The third kappa shape index (κ3) is 5.10. The molecule has 0 fully saturated rings. The lowest BCUT2D eigenvalue weighted by molar-refractivity contribution is 0.476. The van der Waals surface area contributed by atoms with Crippen molar-refractivity contribution in [3.63, 3.8) is 0 Å². The third-order valence-electron chi connectivity index (χ3n) is 3.58. The molecule has 1 aromatic heterocycles. The minimum absolute atomic E-state index is 0.666. The van der Waals surface area contributed by atoms with Crippen molar-refractivity contribution in [3.8, 4) is 0 Å². The molecule has 0 amide bonds. The molecular weight excluding hydrogens is 354 g/mol. The minimum atomic E-state index is 0.666. The predicted octanol–water partition coefficient (Wildman–Crippen LogP) is 3.09. The predicted molar refractivity (Wildman–Crippen MR) is 98.4 cm³/mol. The number of hydrogen-bond donors (Lipinski definition) is 1. The van der Waals surface area contributed by atoms with E-state index in [-0.39, 0.29) is 0 Å². The molecule has 0 radical (unpaired) electrons. The van der Waals surface area contributed by atoms with Crippen LogP contribution in [0.5, 0.6) is 0 Å². The van der Waals surface area contributed by atoms with E-state index < -0.39 is 0 Å². The number of aryl methyl sites for hydroxylation is 2. The van der Waals surface area contributed by atoms with Crippen LogP contribution in [0.3, 0.4) is 0 Å². The van der Waals surface area contributed by atoms with E-state index in [1.165, 1.54) is 16.7 Å². The number of halogens is 1. The van der Waals surface area contributed by atoms with Crippen LogP contribution in [-0.4, -0.2) is 34.2 Å². The topological polar surface area (TPSA) is 45.5 Å². The number of nitrogens with one attached hydrogen (secondary N) is 1. The Morgan fingerprint density at radius 1 is 1.43 bits per heavy atom. The number of hydrogen-bond acceptors (Lipinski definition) is 2. The van der Waals surface area contributed by atoms with Gasteiger partial charge in [-0.05, 0) is 37.1 Å². The Morgan fingerprint density at radius 2 is 2.22 bits per heavy atom. The maximum atomic E-state index is 4.77. The molecule has 0 unspecified atom stereocenters. The average molecular weight is 378 g/mol. The lowest BCUT2D eigenvalue weighted by Gasteiger charge is -2.21. The van der Waals surface area contributed by atoms with Crippen molar-refractivity contribution < 1.29 is 0 Å². The second-order valence-corrected chi connectivity index (χ2v) is 6.53. The van der Waals surface area contributed by atoms with Crippen molar-refractivity contribution >= 4 is 21.9 Å². The highest BCUT2D eigenvalue weighted by Crippen LogP contribution is 2.16. The first kappa shape index (κ1) is 17.5. The second-order valence-electron chi connectivity index (χ2n) is 5.62. The summed E-state index contributed by atoms with van der Waals surface area (Å²) < 4.78 is 2.92. The van der Waals surface area contributed by atoms with Crippen LogP contribution in [0.4, 0.5) is 0 Å². The molecule has 0 spiro atoms. The third-order valence-corrected chi connectivity index (χ3v) is 4.07. The molecule has 6 heteroatoms. The molecule has 0 atom stereocenters. The monoisotopic (exact) mass is 377 g/mol. The molecular formula is C17H24BrN5. The van der Waals surface area contributed by atoms with E-state index in [1.54, 1.807) is 0 Å². The summed E-state index contributed by atoms with van der Waals surface area (Å²) in [4.78, 5) is 6.89. The lowest BCUT2D eigenvalue weighted by atomic mass is 10.1. The molecule has 2 rings (SSSR count). The first-order valence-electron chi connectivity index (χ1n) is 7.71. The molecule has 1 aromatic carbocycles. The van der Waals surface area contributed by atoms with Gasteiger partial charge in [0.25, 0.3) is 0 Å². The SMILES string of the molecule is CCNC(=NCc1ccc(Br)cc1C)N(C)Cc1cnn(C)c1. The largest absolute Gasteiger partial charge is 0.357 e. The molecule has 124 valence electrons. The van der Waals surface area contributed by atoms with Crippen LogP contribution < -0.4 is 5.32 Å². The van der Waals surface area contributed by atoms with Gasteiger partial charge in [-0.1, -0.05) is 22.0 Å². The average Bonchev–Trinajstić information content (AvgIpc) is 2.90. The summed E-state index contributed by atoms with van der Waals surface area (Å²) in [5.41, 5.74) is 3.65. The van der Waals surface area contributed by atoms with Crippen molar-refractivity contribution in [1.82, 2.24) is 20.0 Å². The molecule has 5 nitrogen and oxygen atoms in total. The fourth-order valence-electron chi connectivity index (χ4n) is 2.37. The van der Waals surface area contributed by atoms with Crippen molar-refractivity contribution in [2.24, 2.45) is 12.0 Å². The van der Waals surface area contributed by atoms with Gasteiger partial charge in [0.05, 0.1) is 12.7 Å². The van der Waals surface area contributed by atoms with E-state index in [2.05, 4.69) is 63.3 Å². The van der Waals surface area contributed by atoms with Crippen molar-refractivity contribution in [2.75, 3.05) is 13.6 Å². The van der Waals surface area contributed by atoms with Gasteiger partial charge in [0.1, 0.15) is 0 Å². The summed E-state index contributed by atoms with van der Waals surface area (Å²) >= 11 is 3.50. The summed E-state index contributed by atoms with van der Waals surface area (Å²) in [6.07, 6.45) is 3.91. The number of nitrogens with zero attached hydrogens (tertiary/aromatic N) is 4. The van der Waals surface area contributed by atoms with Gasteiger partial charge in [-0.2, -0.15) is 5.10 Å². The Hall–Kier alpha value is -1.82. The van der Waals surface area contributed by atoms with Gasteiger partial charge in [-0.3, -0.25) is 4.68 Å². The number of benzene rings is 1. The van der Waals surface area contributed by atoms with Crippen LogP contribution in [0.25, 0.3) is 0 Å². The summed E-state index contributed by atoms with van der Waals surface area (Å²) in [5.74, 6) is 0.902. The van der Waals surface area contributed by atoms with Crippen LogP contribution in [0, 0.1) is 6.92 Å². The summed E-state index contributed by atoms with van der Waals surface area (Å²) in [7, 11) is 3.97. The highest BCUT2D eigenvalue weighted by molar-refractivity contribution is 9.10. The van der Waals surface area contributed by atoms with Gasteiger partial charge in [0.2, 0.25) is 0 Å². The fraction of sp³-hybridized carbons (Fsp3) is 0.412. The molecule has 0 aliphatic rings. The molecule has 1 N–H and O–H groups in total. The zero-order valence-corrected chi connectivity index (χ0v) is 15.8. The smallest absolute Gasteiger partial charge is 0.194 e. The van der Waals surface area contributed by atoms with Gasteiger partial charge in [0, 0.05) is 43.4 Å². The Kier molecular flexibility index (Phi) is 6.21. The molecule has 0 aliphatic carbocycles. The zero-order valence-electron chi connectivity index (χ0n) is 14.2. The number of rotatable bonds is 5. The molecule has 2 aromatic rings. The van der Waals surface area contributed by atoms with Gasteiger partial charge < -0.3 is 10.2 Å². The first-order chi connectivity index (χ1) is 11.0. The molecule has 0 aliphatic heterocycles. The van der Waals surface area contributed by atoms with Crippen molar-refractivity contribution in [1.29, 1.82) is 0 Å². The maximum Gasteiger partial charge on any atom is 0.194 e. The van der Waals surface area contributed by atoms with E-state index in [9.17, 15) is 0 Å². The van der Waals surface area contributed by atoms with Crippen LogP contribution in [0.2, 0.25) is 0 Å². The van der Waals surface area contributed by atoms with E-state index in [1.807, 2.05) is 31.2 Å². The molecule has 23 heavy (non-hydrogen) atoms. The number of aliphatic imine (C=N–C) groups is 1. The van der Waals surface area contributed by atoms with Gasteiger partial charge >= 0.3 is 0 Å². The molecule has 1 heterocycles. The quantitative estimate of drug-likeness (QED) is 0.643. The zero-order chi connectivity index (χ0) is 16.8. The van der Waals surface area contributed by atoms with Crippen molar-refractivity contribution in [2.45, 2.75) is 26.9 Å². The van der Waals surface area contributed by atoms with Crippen LogP contribution in [0.1, 0.15) is 23.6 Å². The van der Waals surface area contributed by atoms with E-state index in [4.69, 9.17) is 4.99 Å². The number of aromatic nitrogens is 2. The maximum absolute atomic E-state index is 4.77. The van der Waals surface area contributed by atoms with Crippen LogP contribution >= 0.6 is 15.9 Å². The number of guanidine groups is 1. The minimum Gasteiger partial charge on any atom is -0.357 e. The molecule has 0 saturated heterocycles. The van der Waals surface area contributed by atoms with Gasteiger partial charge in [-0.15, -0.1) is 0 Å². The molecule has 0 bridgehead atoms. The van der Waals surface area contributed by atoms with Gasteiger partial charge in [-0.25, -0.2) is 4.99 Å². The Labute approximate surface area is 146 Å². The highest BCUT2D eigenvalue weighted by atomic mass is 79.9. The standard InChI is InChI=1S/C17H24BrN5/c1-5-19-17(22(3)11-14-9-21-23(4)12-14)20-10-15-6-7-16(18)8-13(15)2/h6-9,12H,5,10-11H2,1-4H3,(H,19,20). The van der Waals surface area contributed by atoms with Crippen LogP contribution in [0.15, 0.2) is 40.1 Å². The van der Waals surface area contributed by atoms with Gasteiger partial charge in [0.15, 0.2) is 5.96 Å². The Morgan fingerprint density at radius 3 is 2.83 bits per heavy atom. The summed E-state index contributed by atoms with van der Waals surface area (Å²) in [6, 6.07) is 6.30. The Bertz CT molecular complexity index is 677. The fourth-order valence-corrected chi connectivity index (χ4v) is 2.84. The lowest BCUT2D eigenvalue weighted by Crippen LogP contribution is -2.38. The summed E-state index contributed by atoms with van der Waals surface area (Å²) in [6.45, 7) is 6.48. The van der Waals surface area contributed by atoms with E-state index in [0.717, 1.165) is 23.5 Å². The van der Waals surface area contributed by atoms with E-state index >= 15 is 0 Å². The normalized spacial score (nSPS) is 11.6. The Balaban J connectivity index is 2.09. The van der Waals surface area contributed by atoms with E-state index in [0.29, 0.717) is 6.54 Å². The summed E-state index contributed by atoms with van der Waals surface area (Å²) in [5, 5.41) is 7.56. The van der Waals surface area contributed by atoms with Crippen molar-refractivity contribution in [3.05, 3.63) is 51.8 Å². The first-order valence-corrected chi connectivity index (χ1v) is 8.51. The highest BCUT2D eigenvalue weighted by Gasteiger charge is 2.08.